The summed E-state index contributed by atoms with van der Waals surface area (Å²) in [4.78, 5) is 4.54. The first kappa shape index (κ1) is 13.4. The third kappa shape index (κ3) is 2.68. The summed E-state index contributed by atoms with van der Waals surface area (Å²) >= 11 is 0. The summed E-state index contributed by atoms with van der Waals surface area (Å²) in [6.07, 6.45) is 0. The van der Waals surface area contributed by atoms with E-state index in [1.165, 1.54) is 0 Å². The van der Waals surface area contributed by atoms with Crippen molar-refractivity contribution in [3.8, 4) is 5.75 Å². The largest absolute Gasteiger partial charge is 0.487 e. The third-order valence-corrected chi connectivity index (χ3v) is 3.60. The molecule has 0 aliphatic rings. The smallest absolute Gasteiger partial charge is 0.142 e. The van der Waals surface area contributed by atoms with Crippen LogP contribution in [-0.4, -0.2) is 4.98 Å². The minimum Gasteiger partial charge on any atom is -0.487 e. The van der Waals surface area contributed by atoms with Crippen molar-refractivity contribution in [2.75, 3.05) is 5.73 Å². The quantitative estimate of drug-likeness (QED) is 0.736. The molecule has 0 spiro atoms. The van der Waals surface area contributed by atoms with Crippen molar-refractivity contribution in [2.45, 2.75) is 20.5 Å². The van der Waals surface area contributed by atoms with Gasteiger partial charge >= 0.3 is 0 Å². The summed E-state index contributed by atoms with van der Waals surface area (Å²) < 4.78 is 5.91. The normalized spacial score (nSPS) is 10.8. The molecule has 3 nitrogen and oxygen atoms in total. The maximum absolute atomic E-state index is 6.05. The van der Waals surface area contributed by atoms with Gasteiger partial charge in [-0.2, -0.15) is 0 Å². The zero-order valence-corrected chi connectivity index (χ0v) is 12.3. The number of pyridine rings is 1. The van der Waals surface area contributed by atoms with Gasteiger partial charge in [0.25, 0.3) is 0 Å². The molecule has 21 heavy (non-hydrogen) atoms. The van der Waals surface area contributed by atoms with Crippen molar-refractivity contribution in [3.05, 3.63) is 65.4 Å². The van der Waals surface area contributed by atoms with E-state index >= 15 is 0 Å². The first-order valence-corrected chi connectivity index (χ1v) is 6.98. The zero-order valence-electron chi connectivity index (χ0n) is 12.3. The van der Waals surface area contributed by atoms with E-state index in [1.807, 2.05) is 50.2 Å². The van der Waals surface area contributed by atoms with Crippen molar-refractivity contribution in [1.82, 2.24) is 4.98 Å². The minimum absolute atomic E-state index is 0.484. The highest BCUT2D eigenvalue weighted by Gasteiger charge is 2.07. The van der Waals surface area contributed by atoms with Crippen LogP contribution in [0.2, 0.25) is 0 Å². The molecule has 0 radical (unpaired) electrons. The third-order valence-electron chi connectivity index (χ3n) is 3.60. The number of aryl methyl sites for hydroxylation is 2. The molecule has 0 aliphatic heterocycles. The Bertz CT molecular complexity index is 796. The van der Waals surface area contributed by atoms with E-state index in [4.69, 9.17) is 10.5 Å². The molecule has 3 heteroatoms. The van der Waals surface area contributed by atoms with Gasteiger partial charge < -0.3 is 10.5 Å². The number of nitrogens with zero attached hydrogens (tertiary/aromatic N) is 1. The second-order valence-corrected chi connectivity index (χ2v) is 5.22. The van der Waals surface area contributed by atoms with Gasteiger partial charge in [0.05, 0.1) is 11.2 Å². The van der Waals surface area contributed by atoms with Crippen LogP contribution in [0.1, 0.15) is 16.8 Å². The topological polar surface area (TPSA) is 48.1 Å². The summed E-state index contributed by atoms with van der Waals surface area (Å²) in [5, 5.41) is 1.12. The van der Waals surface area contributed by atoms with Crippen LogP contribution in [-0.2, 0) is 6.61 Å². The van der Waals surface area contributed by atoms with Gasteiger partial charge in [-0.25, -0.2) is 0 Å². The molecule has 0 bridgehead atoms. The Labute approximate surface area is 124 Å². The first-order chi connectivity index (χ1) is 10.1. The molecule has 106 valence electrons. The molecule has 1 heterocycles. The maximum atomic E-state index is 6.05. The van der Waals surface area contributed by atoms with Gasteiger partial charge in [0.2, 0.25) is 0 Å². The number of aromatic nitrogens is 1. The molecule has 1 aromatic heterocycles. The lowest BCUT2D eigenvalue weighted by Crippen LogP contribution is -2.01. The number of fused-ring (bicyclic) bond motifs is 1. The van der Waals surface area contributed by atoms with Crippen LogP contribution in [0.5, 0.6) is 5.75 Å². The predicted molar refractivity (Wildman–Crippen MR) is 86.4 cm³/mol. The molecule has 2 aromatic carbocycles. The molecule has 2 N–H and O–H groups in total. The van der Waals surface area contributed by atoms with Gasteiger partial charge in [-0.3, -0.25) is 4.98 Å². The van der Waals surface area contributed by atoms with Gasteiger partial charge in [0.15, 0.2) is 0 Å². The van der Waals surface area contributed by atoms with E-state index in [2.05, 4.69) is 17.1 Å². The Morgan fingerprint density at radius 1 is 1.05 bits per heavy atom. The van der Waals surface area contributed by atoms with E-state index in [-0.39, 0.29) is 0 Å². The van der Waals surface area contributed by atoms with Crippen LogP contribution in [0, 0.1) is 13.8 Å². The lowest BCUT2D eigenvalue weighted by molar-refractivity contribution is 0.309. The molecule has 3 rings (SSSR count). The SMILES string of the molecule is Cc1cc(COc2cccc(C)c2N)c2ccccc2n1. The first-order valence-electron chi connectivity index (χ1n) is 6.98. The van der Waals surface area contributed by atoms with Crippen LogP contribution in [0.4, 0.5) is 5.69 Å². The van der Waals surface area contributed by atoms with Crippen LogP contribution >= 0.6 is 0 Å². The maximum Gasteiger partial charge on any atom is 0.142 e. The predicted octanol–water partition coefficient (Wildman–Crippen LogP) is 4.01. The van der Waals surface area contributed by atoms with E-state index in [9.17, 15) is 0 Å². The van der Waals surface area contributed by atoms with Gasteiger partial charge in [-0.15, -0.1) is 0 Å². The molecular weight excluding hydrogens is 260 g/mol. The number of para-hydroxylation sites is 2. The van der Waals surface area contributed by atoms with Crippen LogP contribution < -0.4 is 10.5 Å². The molecule has 0 aliphatic carbocycles. The average molecular weight is 278 g/mol. The van der Waals surface area contributed by atoms with E-state index in [0.717, 1.165) is 33.5 Å². The fourth-order valence-corrected chi connectivity index (χ4v) is 2.45. The van der Waals surface area contributed by atoms with Crippen molar-refractivity contribution in [1.29, 1.82) is 0 Å². The number of nitrogens with two attached hydrogens (primary N) is 1. The van der Waals surface area contributed by atoms with Crippen LogP contribution in [0.3, 0.4) is 0 Å². The molecule has 3 aromatic rings. The number of benzene rings is 2. The fourth-order valence-electron chi connectivity index (χ4n) is 2.45. The zero-order chi connectivity index (χ0) is 14.8. The van der Waals surface area contributed by atoms with Gasteiger partial charge in [0.1, 0.15) is 12.4 Å². The van der Waals surface area contributed by atoms with E-state index in [0.29, 0.717) is 12.3 Å². The Morgan fingerprint density at radius 3 is 2.71 bits per heavy atom. The molecule has 0 saturated carbocycles. The second kappa shape index (κ2) is 5.44. The van der Waals surface area contributed by atoms with Crippen molar-refractivity contribution < 1.29 is 4.74 Å². The second-order valence-electron chi connectivity index (χ2n) is 5.22. The number of nitrogen functional groups attached to an aromatic ring is 1. The van der Waals surface area contributed by atoms with Gasteiger partial charge in [0, 0.05) is 16.6 Å². The number of hydrogen-bond acceptors (Lipinski definition) is 3. The van der Waals surface area contributed by atoms with E-state index < -0.39 is 0 Å². The van der Waals surface area contributed by atoms with Crippen molar-refractivity contribution in [3.63, 3.8) is 0 Å². The molecule has 0 unspecified atom stereocenters. The number of hydrogen-bond donors (Lipinski definition) is 1. The molecule has 0 saturated heterocycles. The van der Waals surface area contributed by atoms with Crippen LogP contribution in [0.25, 0.3) is 10.9 Å². The molecule has 0 atom stereocenters. The molecular formula is C18H18N2O. The summed E-state index contributed by atoms with van der Waals surface area (Å²) in [6, 6.07) is 16.0. The molecule has 0 amide bonds. The summed E-state index contributed by atoms with van der Waals surface area (Å²) in [5.41, 5.74) is 10.9. The fraction of sp³-hybridized carbons (Fsp3) is 0.167. The summed E-state index contributed by atoms with van der Waals surface area (Å²) in [6.45, 7) is 4.46. The standard InChI is InChI=1S/C18H18N2O/c1-12-6-5-9-17(18(12)19)21-11-14-10-13(2)20-16-8-4-3-7-15(14)16/h3-10H,11,19H2,1-2H3. The van der Waals surface area contributed by atoms with Crippen molar-refractivity contribution >= 4 is 16.6 Å². The highest BCUT2D eigenvalue weighted by Crippen LogP contribution is 2.26. The average Bonchev–Trinajstić information content (AvgIpc) is 2.48. The monoisotopic (exact) mass is 278 g/mol. The molecule has 0 fully saturated rings. The lowest BCUT2D eigenvalue weighted by Gasteiger charge is -2.12. The summed E-state index contributed by atoms with van der Waals surface area (Å²) in [7, 11) is 0. The number of ether oxygens (including phenoxy) is 1. The Hall–Kier alpha value is -2.55. The number of rotatable bonds is 3. The van der Waals surface area contributed by atoms with Gasteiger partial charge in [-0.1, -0.05) is 30.3 Å². The van der Waals surface area contributed by atoms with Crippen LogP contribution in [0.15, 0.2) is 48.5 Å². The highest BCUT2D eigenvalue weighted by molar-refractivity contribution is 5.82. The Morgan fingerprint density at radius 2 is 1.86 bits per heavy atom. The minimum atomic E-state index is 0.484. The highest BCUT2D eigenvalue weighted by atomic mass is 16.5. The Kier molecular flexibility index (Phi) is 3.48. The summed E-state index contributed by atoms with van der Waals surface area (Å²) in [5.74, 6) is 0.730. The lowest BCUT2D eigenvalue weighted by atomic mass is 10.1. The van der Waals surface area contributed by atoms with Gasteiger partial charge in [-0.05, 0) is 37.6 Å². The van der Waals surface area contributed by atoms with Crippen molar-refractivity contribution in [2.24, 2.45) is 0 Å². The Balaban J connectivity index is 1.93. The number of anilines is 1. The van der Waals surface area contributed by atoms with E-state index in [1.54, 1.807) is 0 Å².